The highest BCUT2D eigenvalue weighted by Gasteiger charge is 2.38. The summed E-state index contributed by atoms with van der Waals surface area (Å²) in [6.07, 6.45) is 0.742. The minimum absolute atomic E-state index is 0.112. The number of nitrogens with one attached hydrogen (secondary N) is 2. The van der Waals surface area contributed by atoms with E-state index in [1.807, 2.05) is 20.8 Å². The lowest BCUT2D eigenvalue weighted by atomic mass is 9.94. The Labute approximate surface area is 206 Å². The van der Waals surface area contributed by atoms with Gasteiger partial charge >= 0.3 is 18.0 Å². The molecule has 1 saturated heterocycles. The molecule has 192 valence electrons. The molecule has 2 N–H and O–H groups in total. The SMILES string of the molecule is CCOC(=O)C1=C(CN2CCCN(C(=O)NC(C)(C)C)CC2)N(C)C(=O)N[C@@H]1c1ccccc1F. The Balaban J connectivity index is 1.89. The van der Waals surface area contributed by atoms with E-state index in [9.17, 15) is 18.8 Å². The minimum atomic E-state index is -0.963. The fraction of sp³-hybridized carbons (Fsp3) is 0.560. The molecule has 0 aromatic heterocycles. The topological polar surface area (TPSA) is 94.2 Å². The molecule has 0 bridgehead atoms. The smallest absolute Gasteiger partial charge is 0.338 e. The predicted octanol–water partition coefficient (Wildman–Crippen LogP) is 2.85. The fourth-order valence-corrected chi connectivity index (χ4v) is 4.28. The molecule has 35 heavy (non-hydrogen) atoms. The summed E-state index contributed by atoms with van der Waals surface area (Å²) >= 11 is 0. The Hall–Kier alpha value is -3.14. The van der Waals surface area contributed by atoms with Crippen LogP contribution in [0.5, 0.6) is 0 Å². The summed E-state index contributed by atoms with van der Waals surface area (Å²) in [6.45, 7) is 10.3. The maximum absolute atomic E-state index is 14.7. The number of benzene rings is 1. The second-order valence-electron chi connectivity index (χ2n) is 9.84. The highest BCUT2D eigenvalue weighted by Crippen LogP contribution is 2.32. The molecule has 2 aliphatic rings. The van der Waals surface area contributed by atoms with Gasteiger partial charge in [-0.3, -0.25) is 9.80 Å². The second-order valence-corrected chi connectivity index (χ2v) is 9.84. The Kier molecular flexibility index (Phi) is 8.37. The Morgan fingerprint density at radius 2 is 1.89 bits per heavy atom. The molecule has 0 spiro atoms. The Morgan fingerprint density at radius 1 is 1.17 bits per heavy atom. The van der Waals surface area contributed by atoms with E-state index in [1.54, 1.807) is 37.1 Å². The number of rotatable bonds is 5. The van der Waals surface area contributed by atoms with Crippen LogP contribution in [0.1, 0.15) is 45.7 Å². The summed E-state index contributed by atoms with van der Waals surface area (Å²) in [4.78, 5) is 43.8. The van der Waals surface area contributed by atoms with Gasteiger partial charge in [-0.2, -0.15) is 0 Å². The molecule has 10 heteroatoms. The molecule has 0 aliphatic carbocycles. The maximum atomic E-state index is 14.7. The second kappa shape index (κ2) is 11.1. The minimum Gasteiger partial charge on any atom is -0.463 e. The van der Waals surface area contributed by atoms with Crippen molar-refractivity contribution >= 4 is 18.0 Å². The van der Waals surface area contributed by atoms with Crippen LogP contribution in [-0.4, -0.2) is 84.6 Å². The third kappa shape index (κ3) is 6.50. The van der Waals surface area contributed by atoms with Crippen molar-refractivity contribution in [1.29, 1.82) is 0 Å². The first-order chi connectivity index (χ1) is 16.5. The molecule has 4 amide bonds. The van der Waals surface area contributed by atoms with Crippen LogP contribution in [0.25, 0.3) is 0 Å². The number of carbonyl (C=O) groups excluding carboxylic acids is 3. The van der Waals surface area contributed by atoms with Gasteiger partial charge in [-0.25, -0.2) is 18.8 Å². The number of carbonyl (C=O) groups is 3. The standard InChI is InChI=1S/C25H36FN5O4/c1-6-35-22(32)20-19(29(5)23(33)27-21(20)17-10-7-8-11-18(17)26)16-30-12-9-13-31(15-14-30)24(34)28-25(2,3)4/h7-8,10-11,21H,6,9,12-16H2,1-5H3,(H,27,33)(H,28,34)/t21-/m1/s1. The number of likely N-dealkylation sites (N-methyl/N-ethyl adjacent to an activating group) is 1. The molecule has 1 atom stereocenters. The van der Waals surface area contributed by atoms with Gasteiger partial charge < -0.3 is 20.3 Å². The Bertz CT molecular complexity index is 990. The third-order valence-electron chi connectivity index (χ3n) is 6.02. The zero-order valence-corrected chi connectivity index (χ0v) is 21.2. The molecule has 2 heterocycles. The van der Waals surface area contributed by atoms with Crippen molar-refractivity contribution in [1.82, 2.24) is 25.3 Å². The first kappa shape index (κ1) is 26.5. The molecular weight excluding hydrogens is 453 g/mol. The first-order valence-electron chi connectivity index (χ1n) is 12.0. The van der Waals surface area contributed by atoms with Crippen molar-refractivity contribution in [3.05, 3.63) is 46.9 Å². The maximum Gasteiger partial charge on any atom is 0.338 e. The molecule has 1 aromatic carbocycles. The zero-order chi connectivity index (χ0) is 25.8. The van der Waals surface area contributed by atoms with Crippen LogP contribution < -0.4 is 10.6 Å². The largest absolute Gasteiger partial charge is 0.463 e. The number of nitrogens with zero attached hydrogens (tertiary/aromatic N) is 3. The summed E-state index contributed by atoms with van der Waals surface area (Å²) in [5, 5.41) is 5.74. The first-order valence-corrected chi connectivity index (χ1v) is 12.0. The van der Waals surface area contributed by atoms with Crippen LogP contribution in [0, 0.1) is 5.82 Å². The monoisotopic (exact) mass is 489 g/mol. The van der Waals surface area contributed by atoms with Crippen molar-refractivity contribution in [2.45, 2.75) is 45.7 Å². The summed E-state index contributed by atoms with van der Waals surface area (Å²) in [7, 11) is 1.59. The molecule has 3 rings (SSSR count). The van der Waals surface area contributed by atoms with E-state index in [0.717, 1.165) is 6.42 Å². The van der Waals surface area contributed by atoms with E-state index >= 15 is 0 Å². The number of hydrogen-bond donors (Lipinski definition) is 2. The fourth-order valence-electron chi connectivity index (χ4n) is 4.28. The van der Waals surface area contributed by atoms with Crippen LogP contribution in [0.15, 0.2) is 35.5 Å². The summed E-state index contributed by atoms with van der Waals surface area (Å²) in [5.74, 6) is -1.11. The van der Waals surface area contributed by atoms with Gasteiger partial charge in [-0.1, -0.05) is 18.2 Å². The van der Waals surface area contributed by atoms with E-state index in [-0.39, 0.29) is 35.9 Å². The van der Waals surface area contributed by atoms with Crippen LogP contribution in [0.3, 0.4) is 0 Å². The van der Waals surface area contributed by atoms with E-state index in [0.29, 0.717) is 31.9 Å². The van der Waals surface area contributed by atoms with E-state index < -0.39 is 23.9 Å². The summed E-state index contributed by atoms with van der Waals surface area (Å²) < 4.78 is 20.0. The number of hydrogen-bond acceptors (Lipinski definition) is 5. The van der Waals surface area contributed by atoms with Crippen LogP contribution in [0.4, 0.5) is 14.0 Å². The molecule has 0 radical (unpaired) electrons. The van der Waals surface area contributed by atoms with Gasteiger partial charge in [-0.05, 0) is 40.2 Å². The van der Waals surface area contributed by atoms with Crippen LogP contribution in [-0.2, 0) is 9.53 Å². The normalized spacial score (nSPS) is 19.8. The number of amides is 4. The number of ether oxygens (including phenoxy) is 1. The Morgan fingerprint density at radius 3 is 2.54 bits per heavy atom. The van der Waals surface area contributed by atoms with Crippen molar-refractivity contribution in [2.75, 3.05) is 46.4 Å². The zero-order valence-electron chi connectivity index (χ0n) is 21.2. The van der Waals surface area contributed by atoms with Gasteiger partial charge in [-0.15, -0.1) is 0 Å². The lowest BCUT2D eigenvalue weighted by Gasteiger charge is -2.36. The average Bonchev–Trinajstić information content (AvgIpc) is 3.02. The van der Waals surface area contributed by atoms with Crippen LogP contribution in [0.2, 0.25) is 0 Å². The van der Waals surface area contributed by atoms with Gasteiger partial charge in [0.1, 0.15) is 5.82 Å². The molecule has 1 fully saturated rings. The van der Waals surface area contributed by atoms with Crippen molar-refractivity contribution in [3.8, 4) is 0 Å². The lowest BCUT2D eigenvalue weighted by Crippen LogP contribution is -2.50. The predicted molar refractivity (Wildman–Crippen MR) is 130 cm³/mol. The molecule has 0 unspecified atom stereocenters. The highest BCUT2D eigenvalue weighted by molar-refractivity contribution is 5.95. The summed E-state index contributed by atoms with van der Waals surface area (Å²) in [6, 6.07) is 4.58. The molecular formula is C25H36FN5O4. The van der Waals surface area contributed by atoms with Crippen molar-refractivity contribution in [3.63, 3.8) is 0 Å². The van der Waals surface area contributed by atoms with Crippen molar-refractivity contribution < 1.29 is 23.5 Å². The lowest BCUT2D eigenvalue weighted by molar-refractivity contribution is -0.139. The van der Waals surface area contributed by atoms with Gasteiger partial charge in [0.05, 0.1) is 18.2 Å². The molecule has 1 aromatic rings. The highest BCUT2D eigenvalue weighted by atomic mass is 19.1. The van der Waals surface area contributed by atoms with E-state index in [4.69, 9.17) is 4.74 Å². The van der Waals surface area contributed by atoms with Crippen molar-refractivity contribution in [2.24, 2.45) is 0 Å². The van der Waals surface area contributed by atoms with E-state index in [1.165, 1.54) is 11.0 Å². The number of esters is 1. The number of urea groups is 2. The quantitative estimate of drug-likeness (QED) is 0.621. The average molecular weight is 490 g/mol. The summed E-state index contributed by atoms with van der Waals surface area (Å²) in [5.41, 5.74) is 0.552. The van der Waals surface area contributed by atoms with Gasteiger partial charge in [0.2, 0.25) is 0 Å². The molecule has 2 aliphatic heterocycles. The van der Waals surface area contributed by atoms with Gasteiger partial charge in [0, 0.05) is 56.6 Å². The molecule has 0 saturated carbocycles. The van der Waals surface area contributed by atoms with Gasteiger partial charge in [0.15, 0.2) is 0 Å². The van der Waals surface area contributed by atoms with E-state index in [2.05, 4.69) is 15.5 Å². The molecule has 9 nitrogen and oxygen atoms in total. The third-order valence-corrected chi connectivity index (χ3v) is 6.02. The van der Waals surface area contributed by atoms with Gasteiger partial charge in [0.25, 0.3) is 0 Å². The van der Waals surface area contributed by atoms with Crippen LogP contribution >= 0.6 is 0 Å². The number of halogens is 1.